The number of ether oxygens (including phenoxy) is 3. The Morgan fingerprint density at radius 3 is 2.16 bits per heavy atom. The molecule has 0 saturated heterocycles. The summed E-state index contributed by atoms with van der Waals surface area (Å²) in [5.74, 6) is 0.388. The minimum Gasteiger partial charge on any atom is -0.491 e. The fourth-order valence-corrected chi connectivity index (χ4v) is 4.53. The third-order valence-electron chi connectivity index (χ3n) is 6.88. The van der Waals surface area contributed by atoms with Crippen LogP contribution in [-0.4, -0.2) is 38.0 Å². The van der Waals surface area contributed by atoms with Crippen molar-refractivity contribution in [3.05, 3.63) is 120 Å². The van der Waals surface area contributed by atoms with Crippen molar-refractivity contribution in [3.8, 4) is 11.5 Å². The number of anilines is 2. The maximum absolute atomic E-state index is 13.3. The zero-order valence-corrected chi connectivity index (χ0v) is 25.2. The van der Waals surface area contributed by atoms with Crippen LogP contribution in [0.1, 0.15) is 58.9 Å². The Labute approximate surface area is 258 Å². The lowest BCUT2D eigenvalue weighted by Gasteiger charge is -2.21. The zero-order valence-electron chi connectivity index (χ0n) is 25.2. The van der Waals surface area contributed by atoms with E-state index < -0.39 is 0 Å². The van der Waals surface area contributed by atoms with Crippen LogP contribution in [0.2, 0.25) is 0 Å². The molecule has 0 saturated carbocycles. The van der Waals surface area contributed by atoms with E-state index in [1.165, 1.54) is 0 Å². The maximum Gasteiger partial charge on any atom is 0.305 e. The quantitative estimate of drug-likeness (QED) is 0.115. The zero-order chi connectivity index (χ0) is 31.1. The normalized spacial score (nSPS) is 10.5. The third-order valence-corrected chi connectivity index (χ3v) is 6.88. The molecule has 4 rings (SSSR count). The number of amides is 2. The number of esters is 1. The molecule has 0 aliphatic rings. The summed E-state index contributed by atoms with van der Waals surface area (Å²) in [6, 6.07) is 31.0. The molecule has 8 heteroatoms. The molecule has 0 aliphatic carbocycles. The van der Waals surface area contributed by atoms with Gasteiger partial charge in [-0.3, -0.25) is 14.4 Å². The first-order valence-corrected chi connectivity index (χ1v) is 14.8. The summed E-state index contributed by atoms with van der Waals surface area (Å²) in [5.41, 5.74) is 3.09. The third kappa shape index (κ3) is 9.19. The summed E-state index contributed by atoms with van der Waals surface area (Å²) in [7, 11) is 1.70. The minimum atomic E-state index is -0.308. The van der Waals surface area contributed by atoms with E-state index in [0.717, 1.165) is 24.8 Å². The van der Waals surface area contributed by atoms with Gasteiger partial charge in [0.25, 0.3) is 11.8 Å². The monoisotopic (exact) mass is 594 g/mol. The van der Waals surface area contributed by atoms with Crippen LogP contribution in [0.4, 0.5) is 11.4 Å². The lowest BCUT2D eigenvalue weighted by atomic mass is 10.1. The second kappa shape index (κ2) is 16.5. The second-order valence-electron chi connectivity index (χ2n) is 10.1. The van der Waals surface area contributed by atoms with E-state index in [1.54, 1.807) is 61.3 Å². The van der Waals surface area contributed by atoms with Crippen LogP contribution in [-0.2, 0) is 16.1 Å². The summed E-state index contributed by atoms with van der Waals surface area (Å²) >= 11 is 0. The van der Waals surface area contributed by atoms with E-state index in [9.17, 15) is 14.4 Å². The Balaban J connectivity index is 1.32. The molecule has 0 aliphatic heterocycles. The maximum atomic E-state index is 13.3. The van der Waals surface area contributed by atoms with Crippen LogP contribution in [0, 0.1) is 0 Å². The molecule has 4 aromatic carbocycles. The number of nitrogens with one attached hydrogen (secondary N) is 1. The highest BCUT2D eigenvalue weighted by molar-refractivity contribution is 6.08. The van der Waals surface area contributed by atoms with Gasteiger partial charge in [-0.2, -0.15) is 0 Å². The highest BCUT2D eigenvalue weighted by Gasteiger charge is 2.18. The molecule has 228 valence electrons. The van der Waals surface area contributed by atoms with E-state index in [2.05, 4.69) is 5.32 Å². The fraction of sp³-hybridized carbons (Fsp3) is 0.250. The Kier molecular flexibility index (Phi) is 11.9. The summed E-state index contributed by atoms with van der Waals surface area (Å²) in [6.07, 6.45) is 2.76. The van der Waals surface area contributed by atoms with Gasteiger partial charge in [0.05, 0.1) is 24.5 Å². The van der Waals surface area contributed by atoms with Crippen molar-refractivity contribution in [2.24, 2.45) is 0 Å². The van der Waals surface area contributed by atoms with E-state index in [-0.39, 0.29) is 17.8 Å². The standard InChI is InChI=1S/C36H38N2O6/c1-3-42-34(39)20-8-5-13-25-43-33-19-12-10-17-31(33)38(2)36(41)28-21-23-29(24-22-28)37-35(40)30-16-9-11-18-32(30)44-26-27-14-6-4-7-15-27/h4,6-7,9-12,14-19,21-24H,3,5,8,13,20,25-26H2,1-2H3,(H,37,40). The van der Waals surface area contributed by atoms with Crippen LogP contribution in [0.15, 0.2) is 103 Å². The summed E-state index contributed by atoms with van der Waals surface area (Å²) in [5, 5.41) is 2.89. The molecule has 0 radical (unpaired) electrons. The van der Waals surface area contributed by atoms with Crippen molar-refractivity contribution in [1.29, 1.82) is 0 Å². The number of benzene rings is 4. The predicted octanol–water partition coefficient (Wildman–Crippen LogP) is 7.30. The number of para-hydroxylation sites is 3. The Bertz CT molecular complexity index is 1520. The van der Waals surface area contributed by atoms with Crippen LogP contribution < -0.4 is 19.7 Å². The van der Waals surface area contributed by atoms with Crippen LogP contribution in [0.25, 0.3) is 0 Å². The Hall–Kier alpha value is -5.11. The van der Waals surface area contributed by atoms with Crippen molar-refractivity contribution in [1.82, 2.24) is 0 Å². The van der Waals surface area contributed by atoms with E-state index in [1.807, 2.05) is 60.7 Å². The van der Waals surface area contributed by atoms with Crippen molar-refractivity contribution in [3.63, 3.8) is 0 Å². The van der Waals surface area contributed by atoms with Crippen LogP contribution in [0.5, 0.6) is 11.5 Å². The smallest absolute Gasteiger partial charge is 0.305 e. The molecule has 0 unspecified atom stereocenters. The molecule has 1 N–H and O–H groups in total. The van der Waals surface area contributed by atoms with Gasteiger partial charge in [0.2, 0.25) is 0 Å². The van der Waals surface area contributed by atoms with Gasteiger partial charge < -0.3 is 24.4 Å². The van der Waals surface area contributed by atoms with Gasteiger partial charge in [-0.15, -0.1) is 0 Å². The van der Waals surface area contributed by atoms with Crippen LogP contribution in [0.3, 0.4) is 0 Å². The van der Waals surface area contributed by atoms with Gasteiger partial charge in [0.15, 0.2) is 0 Å². The largest absolute Gasteiger partial charge is 0.491 e. The molecule has 0 spiro atoms. The van der Waals surface area contributed by atoms with E-state index >= 15 is 0 Å². The molecular weight excluding hydrogens is 556 g/mol. The molecule has 8 nitrogen and oxygen atoms in total. The van der Waals surface area contributed by atoms with Crippen molar-refractivity contribution in [2.45, 2.75) is 39.2 Å². The lowest BCUT2D eigenvalue weighted by molar-refractivity contribution is -0.143. The van der Waals surface area contributed by atoms with Crippen molar-refractivity contribution < 1.29 is 28.6 Å². The Morgan fingerprint density at radius 1 is 0.727 bits per heavy atom. The number of unbranched alkanes of at least 4 members (excludes halogenated alkanes) is 2. The molecule has 0 aromatic heterocycles. The van der Waals surface area contributed by atoms with Crippen molar-refractivity contribution >= 4 is 29.2 Å². The highest BCUT2D eigenvalue weighted by Crippen LogP contribution is 2.29. The first-order chi connectivity index (χ1) is 21.5. The molecule has 0 heterocycles. The predicted molar refractivity (Wildman–Crippen MR) is 171 cm³/mol. The Morgan fingerprint density at radius 2 is 1.41 bits per heavy atom. The SMILES string of the molecule is CCOC(=O)CCCCCOc1ccccc1N(C)C(=O)c1ccc(NC(=O)c2ccccc2OCc2ccccc2)cc1. The van der Waals surface area contributed by atoms with Crippen molar-refractivity contribution in [2.75, 3.05) is 30.5 Å². The number of hydrogen-bond acceptors (Lipinski definition) is 6. The number of nitrogens with zero attached hydrogens (tertiary/aromatic N) is 1. The first-order valence-electron chi connectivity index (χ1n) is 14.8. The second-order valence-corrected chi connectivity index (χ2v) is 10.1. The number of rotatable bonds is 15. The van der Waals surface area contributed by atoms with Crippen LogP contribution >= 0.6 is 0 Å². The van der Waals surface area contributed by atoms with E-state index in [4.69, 9.17) is 14.2 Å². The highest BCUT2D eigenvalue weighted by atomic mass is 16.5. The minimum absolute atomic E-state index is 0.177. The van der Waals surface area contributed by atoms with Gasteiger partial charge in [-0.05, 0) is 80.3 Å². The molecular formula is C36H38N2O6. The van der Waals surface area contributed by atoms with Gasteiger partial charge in [-0.25, -0.2) is 0 Å². The molecule has 0 fully saturated rings. The van der Waals surface area contributed by atoms with Gasteiger partial charge in [0, 0.05) is 24.7 Å². The lowest BCUT2D eigenvalue weighted by Crippen LogP contribution is -2.26. The first kappa shape index (κ1) is 31.8. The summed E-state index contributed by atoms with van der Waals surface area (Å²) in [4.78, 5) is 39.5. The molecule has 0 bridgehead atoms. The molecule has 0 atom stereocenters. The summed E-state index contributed by atoms with van der Waals surface area (Å²) < 4.78 is 16.9. The molecule has 4 aromatic rings. The molecule has 2 amide bonds. The van der Waals surface area contributed by atoms with Gasteiger partial charge >= 0.3 is 5.97 Å². The molecule has 44 heavy (non-hydrogen) atoms. The number of carbonyl (C=O) groups excluding carboxylic acids is 3. The van der Waals surface area contributed by atoms with Gasteiger partial charge in [0.1, 0.15) is 18.1 Å². The number of carbonyl (C=O) groups is 3. The average molecular weight is 595 g/mol. The van der Waals surface area contributed by atoms with Gasteiger partial charge in [-0.1, -0.05) is 54.6 Å². The summed E-state index contributed by atoms with van der Waals surface area (Å²) in [6.45, 7) is 3.01. The average Bonchev–Trinajstić information content (AvgIpc) is 3.06. The number of hydrogen-bond donors (Lipinski definition) is 1. The topological polar surface area (TPSA) is 94.2 Å². The van der Waals surface area contributed by atoms with E-state index in [0.29, 0.717) is 60.2 Å². The fourth-order valence-electron chi connectivity index (χ4n) is 4.53.